The highest BCUT2D eigenvalue weighted by Crippen LogP contribution is 2.25. The van der Waals surface area contributed by atoms with E-state index in [-0.39, 0.29) is 18.5 Å². The Morgan fingerprint density at radius 3 is 2.55 bits per heavy atom. The molecule has 0 aromatic heterocycles. The minimum Gasteiger partial charge on any atom is -0.481 e. The van der Waals surface area contributed by atoms with Gasteiger partial charge in [0.05, 0.1) is 11.0 Å². The molecule has 0 atom stereocenters. The number of carbonyl (C=O) groups is 2. The van der Waals surface area contributed by atoms with Crippen LogP contribution in [0.5, 0.6) is 0 Å². The molecule has 108 valence electrons. The van der Waals surface area contributed by atoms with E-state index >= 15 is 0 Å². The first-order chi connectivity index (χ1) is 9.40. The lowest BCUT2D eigenvalue weighted by Gasteiger charge is -2.05. The lowest BCUT2D eigenvalue weighted by Crippen LogP contribution is -2.12. The quantitative estimate of drug-likeness (QED) is 0.453. The van der Waals surface area contributed by atoms with Crippen molar-refractivity contribution in [1.82, 2.24) is 0 Å². The average Bonchev–Trinajstić information content (AvgIpc) is 2.36. The van der Waals surface area contributed by atoms with Gasteiger partial charge >= 0.3 is 5.97 Å². The molecule has 1 amide bonds. The Hall–Kier alpha value is -2.51. The fourth-order valence-electron chi connectivity index (χ4n) is 1.54. The summed E-state index contributed by atoms with van der Waals surface area (Å²) >= 11 is 0. The van der Waals surface area contributed by atoms with Crippen molar-refractivity contribution in [3.63, 3.8) is 0 Å². The molecule has 1 aromatic rings. The summed E-state index contributed by atoms with van der Waals surface area (Å²) in [6.45, 7) is 0. The number of amides is 1. The molecule has 1 rings (SSSR count). The predicted octanol–water partition coefficient (Wildman–Crippen LogP) is 2.32. The van der Waals surface area contributed by atoms with Crippen molar-refractivity contribution < 1.29 is 24.0 Å². The molecule has 2 N–H and O–H groups in total. The van der Waals surface area contributed by atoms with E-state index in [4.69, 9.17) is 5.11 Å². The van der Waals surface area contributed by atoms with Crippen LogP contribution in [-0.4, -0.2) is 21.9 Å². The number of rotatable bonds is 7. The second-order valence-electron chi connectivity index (χ2n) is 4.07. The number of nitrogens with one attached hydrogen (secondary N) is 1. The van der Waals surface area contributed by atoms with Gasteiger partial charge in [-0.2, -0.15) is 0 Å². The normalized spacial score (nSPS) is 10.1. The van der Waals surface area contributed by atoms with E-state index in [0.717, 1.165) is 18.2 Å². The van der Waals surface area contributed by atoms with Crippen LogP contribution >= 0.6 is 0 Å². The first-order valence-corrected chi connectivity index (χ1v) is 5.85. The van der Waals surface area contributed by atoms with Crippen LogP contribution in [0.4, 0.5) is 15.8 Å². The number of nitrogens with zero attached hydrogens (tertiary/aromatic N) is 1. The first-order valence-electron chi connectivity index (χ1n) is 5.85. The van der Waals surface area contributed by atoms with Crippen molar-refractivity contribution in [3.8, 4) is 0 Å². The monoisotopic (exact) mass is 284 g/mol. The van der Waals surface area contributed by atoms with E-state index < -0.39 is 28.3 Å². The molecule has 0 spiro atoms. The van der Waals surface area contributed by atoms with Gasteiger partial charge in [0.25, 0.3) is 5.69 Å². The summed E-state index contributed by atoms with van der Waals surface area (Å²) in [4.78, 5) is 31.7. The van der Waals surface area contributed by atoms with Gasteiger partial charge in [-0.3, -0.25) is 19.7 Å². The molecule has 0 radical (unpaired) electrons. The summed E-state index contributed by atoms with van der Waals surface area (Å²) in [7, 11) is 0. The lowest BCUT2D eigenvalue weighted by atomic mass is 10.2. The minimum atomic E-state index is -0.945. The largest absolute Gasteiger partial charge is 0.481 e. The molecule has 0 aliphatic carbocycles. The Labute approximate surface area is 113 Å². The van der Waals surface area contributed by atoms with Gasteiger partial charge in [-0.25, -0.2) is 4.39 Å². The predicted molar refractivity (Wildman–Crippen MR) is 67.8 cm³/mol. The summed E-state index contributed by atoms with van der Waals surface area (Å²) in [6, 6.07) is 2.84. The van der Waals surface area contributed by atoms with Gasteiger partial charge in [-0.05, 0) is 25.0 Å². The van der Waals surface area contributed by atoms with Crippen LogP contribution in [0.1, 0.15) is 25.7 Å². The number of carbonyl (C=O) groups excluding carboxylic acids is 1. The highest BCUT2D eigenvalue weighted by molar-refractivity contribution is 5.93. The third kappa shape index (κ3) is 5.01. The SMILES string of the molecule is O=C(O)CCCCC(=O)Nc1ccc(F)cc1[N+](=O)[O-]. The van der Waals surface area contributed by atoms with E-state index in [0.29, 0.717) is 12.8 Å². The number of benzene rings is 1. The van der Waals surface area contributed by atoms with Crippen LogP contribution in [-0.2, 0) is 9.59 Å². The number of hydrogen-bond donors (Lipinski definition) is 2. The van der Waals surface area contributed by atoms with Crippen LogP contribution in [0.15, 0.2) is 18.2 Å². The van der Waals surface area contributed by atoms with E-state index in [1.165, 1.54) is 0 Å². The Balaban J connectivity index is 2.57. The minimum absolute atomic E-state index is 0.0377. The van der Waals surface area contributed by atoms with Crippen molar-refractivity contribution >= 4 is 23.3 Å². The van der Waals surface area contributed by atoms with Gasteiger partial charge in [0.1, 0.15) is 11.5 Å². The van der Waals surface area contributed by atoms with Crippen molar-refractivity contribution in [2.24, 2.45) is 0 Å². The second kappa shape index (κ2) is 7.17. The number of carboxylic acids is 1. The van der Waals surface area contributed by atoms with E-state index in [1.54, 1.807) is 0 Å². The van der Waals surface area contributed by atoms with Gasteiger partial charge in [-0.1, -0.05) is 0 Å². The molecule has 0 aliphatic heterocycles. The molecule has 1 aromatic carbocycles. The smallest absolute Gasteiger partial charge is 0.303 e. The molecule has 0 heterocycles. The Bertz CT molecular complexity index is 533. The Morgan fingerprint density at radius 1 is 1.30 bits per heavy atom. The molecule has 7 nitrogen and oxygen atoms in total. The Morgan fingerprint density at radius 2 is 1.95 bits per heavy atom. The summed E-state index contributed by atoms with van der Waals surface area (Å²) in [5.41, 5.74) is -0.608. The molecular formula is C12H13FN2O5. The van der Waals surface area contributed by atoms with Gasteiger partial charge in [0.15, 0.2) is 0 Å². The fraction of sp³-hybridized carbons (Fsp3) is 0.333. The number of unbranched alkanes of at least 4 members (excludes halogenated alkanes) is 1. The number of halogens is 1. The topological polar surface area (TPSA) is 110 Å². The molecule has 0 fully saturated rings. The molecule has 0 bridgehead atoms. The zero-order chi connectivity index (χ0) is 15.1. The summed E-state index contributed by atoms with van der Waals surface area (Å²) < 4.78 is 12.9. The van der Waals surface area contributed by atoms with Crippen molar-refractivity contribution in [3.05, 3.63) is 34.1 Å². The van der Waals surface area contributed by atoms with Gasteiger partial charge in [0.2, 0.25) is 5.91 Å². The molecule has 0 unspecified atom stereocenters. The maximum Gasteiger partial charge on any atom is 0.303 e. The number of nitro benzene ring substituents is 1. The Kier molecular flexibility index (Phi) is 5.57. The fourth-order valence-corrected chi connectivity index (χ4v) is 1.54. The molecule has 0 aliphatic rings. The standard InChI is InChI=1S/C12H13FN2O5/c13-8-5-6-9(10(7-8)15(19)20)14-11(16)3-1-2-4-12(17)18/h5-7H,1-4H2,(H,14,16)(H,17,18). The maximum absolute atomic E-state index is 12.9. The van der Waals surface area contributed by atoms with Crippen molar-refractivity contribution in [2.45, 2.75) is 25.7 Å². The van der Waals surface area contributed by atoms with Gasteiger partial charge in [-0.15, -0.1) is 0 Å². The van der Waals surface area contributed by atoms with Crippen LogP contribution in [0.2, 0.25) is 0 Å². The highest BCUT2D eigenvalue weighted by atomic mass is 19.1. The van der Waals surface area contributed by atoms with Gasteiger partial charge < -0.3 is 10.4 Å². The van der Waals surface area contributed by atoms with E-state index in [9.17, 15) is 24.1 Å². The number of nitro groups is 1. The zero-order valence-electron chi connectivity index (χ0n) is 10.5. The van der Waals surface area contributed by atoms with Crippen molar-refractivity contribution in [1.29, 1.82) is 0 Å². The molecule has 20 heavy (non-hydrogen) atoms. The zero-order valence-corrected chi connectivity index (χ0v) is 10.5. The van der Waals surface area contributed by atoms with E-state index in [2.05, 4.69) is 5.32 Å². The van der Waals surface area contributed by atoms with Crippen LogP contribution in [0.3, 0.4) is 0 Å². The summed E-state index contributed by atoms with van der Waals surface area (Å²) in [5.74, 6) is -2.19. The number of anilines is 1. The van der Waals surface area contributed by atoms with Crippen LogP contribution < -0.4 is 5.32 Å². The number of carboxylic acid groups (broad SMARTS) is 1. The number of aliphatic carboxylic acids is 1. The van der Waals surface area contributed by atoms with Crippen LogP contribution in [0, 0.1) is 15.9 Å². The van der Waals surface area contributed by atoms with E-state index in [1.807, 2.05) is 0 Å². The maximum atomic E-state index is 12.9. The lowest BCUT2D eigenvalue weighted by molar-refractivity contribution is -0.384. The third-order valence-electron chi connectivity index (χ3n) is 2.48. The second-order valence-corrected chi connectivity index (χ2v) is 4.07. The molecular weight excluding hydrogens is 271 g/mol. The molecule has 0 saturated carbocycles. The van der Waals surface area contributed by atoms with Gasteiger partial charge in [0, 0.05) is 12.8 Å². The number of hydrogen-bond acceptors (Lipinski definition) is 4. The first kappa shape index (κ1) is 15.5. The summed E-state index contributed by atoms with van der Waals surface area (Å²) in [6.07, 6.45) is 0.702. The molecule has 8 heteroatoms. The average molecular weight is 284 g/mol. The molecule has 0 saturated heterocycles. The van der Waals surface area contributed by atoms with Crippen LogP contribution in [0.25, 0.3) is 0 Å². The summed E-state index contributed by atoms with van der Waals surface area (Å²) in [5, 5.41) is 21.5. The van der Waals surface area contributed by atoms with Crippen molar-refractivity contribution in [2.75, 3.05) is 5.32 Å². The third-order valence-corrected chi connectivity index (χ3v) is 2.48. The highest BCUT2D eigenvalue weighted by Gasteiger charge is 2.16.